The van der Waals surface area contributed by atoms with Crippen molar-refractivity contribution in [3.05, 3.63) is 119 Å². The quantitative estimate of drug-likeness (QED) is 0.128. The minimum absolute atomic E-state index is 0.00857. The number of carbonyl (C=O) groups is 2. The summed E-state index contributed by atoms with van der Waals surface area (Å²) in [5.41, 5.74) is 1.49. The molecule has 2 heterocycles. The predicted octanol–water partition coefficient (Wildman–Crippen LogP) is 5.39. The number of nitroso groups, excluding NO2 is 1. The number of hydrogen-bond acceptors (Lipinski definition) is 7. The van der Waals surface area contributed by atoms with Crippen LogP contribution in [0.3, 0.4) is 0 Å². The van der Waals surface area contributed by atoms with Crippen molar-refractivity contribution in [2.75, 3.05) is 12.0 Å². The fourth-order valence-electron chi connectivity index (χ4n) is 4.18. The Hall–Kier alpha value is -5.09. The summed E-state index contributed by atoms with van der Waals surface area (Å²) < 4.78 is 17.3. The van der Waals surface area contributed by atoms with Crippen molar-refractivity contribution in [3.63, 3.8) is 0 Å². The molecule has 2 amide bonds. The maximum absolute atomic E-state index is 13.5. The molecule has 9 nitrogen and oxygen atoms in total. The highest BCUT2D eigenvalue weighted by Gasteiger charge is 2.34. The molecule has 200 valence electrons. The Labute approximate surface area is 235 Å². The number of para-hydroxylation sites is 1. The molecule has 0 aliphatic carbocycles. The molecular formula is C30H24N3O6S+. The number of anilines is 1. The SMILES string of the molecule is COc1ccc(C=C2C(=O)NC(=S)N(c3ccc(Oc4ccccc4)cc3)C2=O)cc1C[N+](=O)Cc1ccco1. The molecule has 1 aliphatic rings. The summed E-state index contributed by atoms with van der Waals surface area (Å²) in [6, 6.07) is 24.6. The van der Waals surface area contributed by atoms with Crippen LogP contribution in [-0.2, 0) is 22.7 Å². The number of amides is 2. The third-order valence-corrected chi connectivity index (χ3v) is 6.33. The summed E-state index contributed by atoms with van der Waals surface area (Å²) in [5.74, 6) is 1.10. The molecule has 1 N–H and O–H groups in total. The van der Waals surface area contributed by atoms with Crippen molar-refractivity contribution in [2.45, 2.75) is 13.1 Å². The number of nitrogens with zero attached hydrogens (tertiary/aromatic N) is 2. The Balaban J connectivity index is 1.37. The Morgan fingerprint density at radius 1 is 0.950 bits per heavy atom. The first-order chi connectivity index (χ1) is 19.4. The highest BCUT2D eigenvalue weighted by atomic mass is 32.1. The van der Waals surface area contributed by atoms with Gasteiger partial charge >= 0.3 is 0 Å². The first-order valence-corrected chi connectivity index (χ1v) is 12.7. The van der Waals surface area contributed by atoms with Crippen molar-refractivity contribution < 1.29 is 28.2 Å². The highest BCUT2D eigenvalue weighted by Crippen LogP contribution is 2.28. The molecule has 0 spiro atoms. The zero-order valence-corrected chi connectivity index (χ0v) is 22.2. The van der Waals surface area contributed by atoms with Gasteiger partial charge in [-0.25, -0.2) is 0 Å². The van der Waals surface area contributed by atoms with E-state index in [1.165, 1.54) is 24.3 Å². The number of ether oxygens (including phenoxy) is 2. The largest absolute Gasteiger partial charge is 0.496 e. The molecule has 0 atom stereocenters. The molecule has 5 rings (SSSR count). The number of rotatable bonds is 9. The van der Waals surface area contributed by atoms with Gasteiger partial charge in [0.05, 0.1) is 24.6 Å². The van der Waals surface area contributed by atoms with Gasteiger partial charge in [0.15, 0.2) is 10.9 Å². The van der Waals surface area contributed by atoms with Crippen LogP contribution in [0.1, 0.15) is 16.9 Å². The van der Waals surface area contributed by atoms with Crippen molar-refractivity contribution in [2.24, 2.45) is 0 Å². The van der Waals surface area contributed by atoms with E-state index >= 15 is 0 Å². The lowest BCUT2D eigenvalue weighted by molar-refractivity contribution is -0.582. The zero-order valence-electron chi connectivity index (χ0n) is 21.4. The van der Waals surface area contributed by atoms with Crippen molar-refractivity contribution in [3.8, 4) is 17.2 Å². The zero-order chi connectivity index (χ0) is 28.1. The van der Waals surface area contributed by atoms with Crippen LogP contribution in [0, 0.1) is 4.91 Å². The molecule has 40 heavy (non-hydrogen) atoms. The second-order valence-electron chi connectivity index (χ2n) is 8.82. The lowest BCUT2D eigenvalue weighted by atomic mass is 10.0. The molecule has 0 radical (unpaired) electrons. The molecule has 3 aromatic carbocycles. The van der Waals surface area contributed by atoms with Crippen LogP contribution in [0.4, 0.5) is 5.69 Å². The van der Waals surface area contributed by atoms with Gasteiger partial charge in [0.2, 0.25) is 13.1 Å². The lowest BCUT2D eigenvalue weighted by Gasteiger charge is -2.29. The number of nitrogens with one attached hydrogen (secondary N) is 1. The van der Waals surface area contributed by atoms with E-state index in [0.717, 1.165) is 4.76 Å². The van der Waals surface area contributed by atoms with E-state index in [1.54, 1.807) is 54.6 Å². The standard InChI is InChI=1S/C30H23N3O6S/c1-37-27-14-9-20(16-21(27)18-32(36)19-25-8-5-15-38-25)17-26-28(34)31-30(40)33(29(26)35)22-10-12-24(13-11-22)39-23-6-3-2-4-7-23/h2-17H,18-19H2,1H3/p+1. The highest BCUT2D eigenvalue weighted by molar-refractivity contribution is 7.80. The first-order valence-electron chi connectivity index (χ1n) is 12.3. The van der Waals surface area contributed by atoms with E-state index in [4.69, 9.17) is 26.1 Å². The van der Waals surface area contributed by atoms with Crippen molar-refractivity contribution >= 4 is 40.9 Å². The van der Waals surface area contributed by atoms with Crippen molar-refractivity contribution in [1.82, 2.24) is 5.32 Å². The monoisotopic (exact) mass is 554 g/mol. The minimum Gasteiger partial charge on any atom is -0.496 e. The summed E-state index contributed by atoms with van der Waals surface area (Å²) in [5, 5.41) is 2.55. The summed E-state index contributed by atoms with van der Waals surface area (Å²) in [7, 11) is 1.51. The second kappa shape index (κ2) is 11.7. The lowest BCUT2D eigenvalue weighted by Crippen LogP contribution is -2.54. The number of hydrogen-bond donors (Lipinski definition) is 1. The average Bonchev–Trinajstić information content (AvgIpc) is 3.45. The van der Waals surface area contributed by atoms with E-state index in [0.29, 0.717) is 39.8 Å². The van der Waals surface area contributed by atoms with Gasteiger partial charge in [-0.05, 0) is 84.5 Å². The van der Waals surface area contributed by atoms with E-state index in [9.17, 15) is 14.5 Å². The molecule has 0 saturated carbocycles. The van der Waals surface area contributed by atoms with Gasteiger partial charge in [0.25, 0.3) is 11.8 Å². The first kappa shape index (κ1) is 26.5. The number of thiocarbonyl (C=S) groups is 1. The van der Waals surface area contributed by atoms with Crippen LogP contribution >= 0.6 is 12.2 Å². The summed E-state index contributed by atoms with van der Waals surface area (Å²) in [4.78, 5) is 40.1. The topological polar surface area (TPSA) is 101 Å². The van der Waals surface area contributed by atoms with Crippen LogP contribution in [0.15, 0.2) is 101 Å². The molecule has 1 saturated heterocycles. The molecule has 10 heteroatoms. The molecule has 4 aromatic rings. The minimum atomic E-state index is -0.615. The second-order valence-corrected chi connectivity index (χ2v) is 9.20. The van der Waals surface area contributed by atoms with Gasteiger partial charge in [0, 0.05) is 9.67 Å². The molecule has 0 unspecified atom stereocenters. The van der Waals surface area contributed by atoms with Crippen LogP contribution < -0.4 is 19.7 Å². The molecule has 1 fully saturated rings. The Bertz CT molecular complexity index is 1600. The van der Waals surface area contributed by atoms with E-state index < -0.39 is 11.8 Å². The van der Waals surface area contributed by atoms with Gasteiger partial charge in [0.1, 0.15) is 22.8 Å². The van der Waals surface area contributed by atoms with Crippen LogP contribution in [-0.4, -0.2) is 28.8 Å². The smallest absolute Gasteiger partial charge is 0.270 e. The van der Waals surface area contributed by atoms with Gasteiger partial charge in [-0.2, -0.15) is 0 Å². The number of methoxy groups -OCH3 is 1. The third kappa shape index (κ3) is 5.97. The number of benzene rings is 3. The molecule has 1 aromatic heterocycles. The van der Waals surface area contributed by atoms with Crippen LogP contribution in [0.5, 0.6) is 17.2 Å². The third-order valence-electron chi connectivity index (χ3n) is 6.05. The normalized spacial score (nSPS) is 14.3. The molecular weight excluding hydrogens is 530 g/mol. The van der Waals surface area contributed by atoms with E-state index in [2.05, 4.69) is 5.32 Å². The molecule has 0 bridgehead atoms. The predicted molar refractivity (Wildman–Crippen MR) is 152 cm³/mol. The average molecular weight is 555 g/mol. The fraction of sp³-hybridized carbons (Fsp3) is 0.100. The Kier molecular flexibility index (Phi) is 7.79. The van der Waals surface area contributed by atoms with Gasteiger partial charge < -0.3 is 13.9 Å². The fourth-order valence-corrected chi connectivity index (χ4v) is 4.46. The van der Waals surface area contributed by atoms with E-state index in [-0.39, 0.29) is 23.8 Å². The maximum Gasteiger partial charge on any atom is 0.270 e. The molecule has 1 aliphatic heterocycles. The number of furan rings is 1. The number of carbonyl (C=O) groups excluding carboxylic acids is 2. The van der Waals surface area contributed by atoms with Gasteiger partial charge in [-0.1, -0.05) is 24.3 Å². The summed E-state index contributed by atoms with van der Waals surface area (Å²) >= 11 is 5.32. The van der Waals surface area contributed by atoms with Crippen molar-refractivity contribution in [1.29, 1.82) is 0 Å². The van der Waals surface area contributed by atoms with Crippen LogP contribution in [0.25, 0.3) is 6.08 Å². The maximum atomic E-state index is 13.5. The van der Waals surface area contributed by atoms with E-state index in [1.807, 2.05) is 30.3 Å². The van der Waals surface area contributed by atoms with Gasteiger partial charge in [-0.3, -0.25) is 19.8 Å². The summed E-state index contributed by atoms with van der Waals surface area (Å²) in [6.45, 7) is 0.0680. The Morgan fingerprint density at radius 2 is 1.70 bits per heavy atom. The van der Waals surface area contributed by atoms with Crippen LogP contribution in [0.2, 0.25) is 0 Å². The van der Waals surface area contributed by atoms with Gasteiger partial charge in [-0.15, -0.1) is 0 Å². The Morgan fingerprint density at radius 3 is 2.40 bits per heavy atom. The summed E-state index contributed by atoms with van der Waals surface area (Å²) in [6.07, 6.45) is 2.97.